The van der Waals surface area contributed by atoms with E-state index in [-0.39, 0.29) is 24.9 Å². The minimum Gasteiger partial charge on any atom is -0.329 e. The maximum absolute atomic E-state index is 12.9. The Morgan fingerprint density at radius 1 is 1.03 bits per heavy atom. The van der Waals surface area contributed by atoms with Crippen LogP contribution in [0.4, 0.5) is 9.93 Å². The van der Waals surface area contributed by atoms with Gasteiger partial charge in [0.15, 0.2) is 5.13 Å². The lowest BCUT2D eigenvalue weighted by atomic mass is 10.1. The lowest BCUT2D eigenvalue weighted by Gasteiger charge is -2.15. The number of hydrogen-bond donors (Lipinski definition) is 2. The van der Waals surface area contributed by atoms with Crippen LogP contribution in [0.5, 0.6) is 0 Å². The first-order valence-electron chi connectivity index (χ1n) is 10.0. The third-order valence-electron chi connectivity index (χ3n) is 5.30. The SMILES string of the molecule is O=C(Nc1nc(-c2ccc3ccccc3c2)cs1)c1ccccc1CN1C(=O)CNC1=O. The molecule has 0 aliphatic carbocycles. The summed E-state index contributed by atoms with van der Waals surface area (Å²) in [5.74, 6) is -0.655. The van der Waals surface area contributed by atoms with E-state index >= 15 is 0 Å². The van der Waals surface area contributed by atoms with Crippen LogP contribution in [0.1, 0.15) is 15.9 Å². The van der Waals surface area contributed by atoms with Crippen molar-refractivity contribution in [1.29, 1.82) is 0 Å². The maximum atomic E-state index is 12.9. The zero-order valence-electron chi connectivity index (χ0n) is 16.9. The molecule has 0 bridgehead atoms. The number of amides is 4. The Hall–Kier alpha value is -4.04. The highest BCUT2D eigenvalue weighted by Gasteiger charge is 2.29. The van der Waals surface area contributed by atoms with E-state index in [0.29, 0.717) is 16.3 Å². The largest absolute Gasteiger partial charge is 0.329 e. The summed E-state index contributed by atoms with van der Waals surface area (Å²) < 4.78 is 0. The number of imide groups is 1. The summed E-state index contributed by atoms with van der Waals surface area (Å²) in [4.78, 5) is 42.4. The number of aromatic nitrogens is 1. The quantitative estimate of drug-likeness (QED) is 0.452. The fraction of sp³-hybridized carbons (Fsp3) is 0.0833. The molecule has 2 heterocycles. The van der Waals surface area contributed by atoms with Crippen LogP contribution in [-0.4, -0.2) is 34.3 Å². The number of carbonyl (C=O) groups is 3. The van der Waals surface area contributed by atoms with Crippen molar-refractivity contribution in [2.45, 2.75) is 6.54 Å². The number of thiazole rings is 1. The predicted octanol–water partition coefficient (Wildman–Crippen LogP) is 4.27. The van der Waals surface area contributed by atoms with Gasteiger partial charge in [-0.3, -0.25) is 19.8 Å². The van der Waals surface area contributed by atoms with Gasteiger partial charge in [0.1, 0.15) is 0 Å². The molecule has 0 spiro atoms. The Balaban J connectivity index is 1.35. The van der Waals surface area contributed by atoms with Crippen LogP contribution in [0.15, 0.2) is 72.1 Å². The van der Waals surface area contributed by atoms with E-state index in [2.05, 4.69) is 33.8 Å². The monoisotopic (exact) mass is 442 g/mol. The van der Waals surface area contributed by atoms with E-state index < -0.39 is 6.03 Å². The van der Waals surface area contributed by atoms with Crippen LogP contribution in [0.25, 0.3) is 22.0 Å². The Kier molecular flexibility index (Phi) is 5.12. The van der Waals surface area contributed by atoms with Gasteiger partial charge >= 0.3 is 6.03 Å². The molecule has 4 aromatic rings. The lowest BCUT2D eigenvalue weighted by molar-refractivity contribution is -0.125. The number of rotatable bonds is 5. The predicted molar refractivity (Wildman–Crippen MR) is 123 cm³/mol. The molecule has 1 aromatic heterocycles. The van der Waals surface area contributed by atoms with Crippen LogP contribution < -0.4 is 10.6 Å². The molecule has 3 aromatic carbocycles. The highest BCUT2D eigenvalue weighted by atomic mass is 32.1. The molecule has 8 heteroatoms. The van der Waals surface area contributed by atoms with Crippen molar-refractivity contribution in [3.63, 3.8) is 0 Å². The van der Waals surface area contributed by atoms with Crippen molar-refractivity contribution >= 4 is 45.1 Å². The molecule has 5 rings (SSSR count). The third kappa shape index (κ3) is 3.83. The van der Waals surface area contributed by atoms with Crippen LogP contribution in [0, 0.1) is 0 Å². The molecule has 0 atom stereocenters. The van der Waals surface area contributed by atoms with E-state index in [1.165, 1.54) is 11.3 Å². The molecule has 1 aliphatic rings. The van der Waals surface area contributed by atoms with Gasteiger partial charge in [0, 0.05) is 16.5 Å². The summed E-state index contributed by atoms with van der Waals surface area (Å²) in [5, 5.41) is 9.98. The first-order chi connectivity index (χ1) is 15.6. The van der Waals surface area contributed by atoms with Crippen molar-refractivity contribution in [2.24, 2.45) is 0 Å². The van der Waals surface area contributed by atoms with Crippen molar-refractivity contribution in [3.8, 4) is 11.3 Å². The molecular formula is C24H18N4O3S. The van der Waals surface area contributed by atoms with Crippen LogP contribution in [-0.2, 0) is 11.3 Å². The van der Waals surface area contributed by atoms with Gasteiger partial charge in [0.25, 0.3) is 5.91 Å². The van der Waals surface area contributed by atoms with Gasteiger partial charge in [-0.25, -0.2) is 9.78 Å². The summed E-state index contributed by atoms with van der Waals surface area (Å²) in [6, 6.07) is 20.7. The zero-order valence-corrected chi connectivity index (χ0v) is 17.7. The van der Waals surface area contributed by atoms with Gasteiger partial charge in [-0.05, 0) is 28.5 Å². The Bertz CT molecular complexity index is 1350. The van der Waals surface area contributed by atoms with Crippen molar-refractivity contribution in [3.05, 3.63) is 83.2 Å². The number of benzene rings is 3. The van der Waals surface area contributed by atoms with E-state index in [1.807, 2.05) is 29.6 Å². The molecule has 1 fully saturated rings. The topological polar surface area (TPSA) is 91.4 Å². The Labute approximate surface area is 187 Å². The van der Waals surface area contributed by atoms with Crippen LogP contribution >= 0.6 is 11.3 Å². The summed E-state index contributed by atoms with van der Waals surface area (Å²) in [7, 11) is 0. The molecule has 7 nitrogen and oxygen atoms in total. The van der Waals surface area contributed by atoms with Gasteiger partial charge in [0.05, 0.1) is 18.8 Å². The first kappa shape index (κ1) is 19.9. The summed E-state index contributed by atoms with van der Waals surface area (Å²) in [6.07, 6.45) is 0. The Morgan fingerprint density at radius 3 is 2.62 bits per heavy atom. The highest BCUT2D eigenvalue weighted by molar-refractivity contribution is 7.14. The molecule has 1 aliphatic heterocycles. The molecule has 0 radical (unpaired) electrons. The molecule has 1 saturated heterocycles. The minimum atomic E-state index is -0.454. The second kappa shape index (κ2) is 8.24. The first-order valence-corrected chi connectivity index (χ1v) is 10.9. The van der Waals surface area contributed by atoms with Crippen molar-refractivity contribution in [1.82, 2.24) is 15.2 Å². The smallest absolute Gasteiger partial charge is 0.324 e. The summed E-state index contributed by atoms with van der Waals surface area (Å²) >= 11 is 1.34. The molecule has 0 saturated carbocycles. The van der Waals surface area contributed by atoms with Crippen molar-refractivity contribution < 1.29 is 14.4 Å². The number of hydrogen-bond acceptors (Lipinski definition) is 5. The average molecular weight is 443 g/mol. The minimum absolute atomic E-state index is 0.0239. The molecule has 0 unspecified atom stereocenters. The molecule has 4 amide bonds. The fourth-order valence-electron chi connectivity index (χ4n) is 3.64. The average Bonchev–Trinajstić information content (AvgIpc) is 3.41. The highest BCUT2D eigenvalue weighted by Crippen LogP contribution is 2.28. The van der Waals surface area contributed by atoms with Crippen molar-refractivity contribution in [2.75, 3.05) is 11.9 Å². The number of carbonyl (C=O) groups excluding carboxylic acids is 3. The normalized spacial score (nSPS) is 13.4. The maximum Gasteiger partial charge on any atom is 0.324 e. The van der Waals surface area contributed by atoms with E-state index in [1.54, 1.807) is 24.3 Å². The van der Waals surface area contributed by atoms with Gasteiger partial charge < -0.3 is 5.32 Å². The van der Waals surface area contributed by atoms with Crippen LogP contribution in [0.3, 0.4) is 0 Å². The number of urea groups is 1. The second-order valence-electron chi connectivity index (χ2n) is 7.35. The van der Waals surface area contributed by atoms with E-state index in [4.69, 9.17) is 0 Å². The lowest BCUT2D eigenvalue weighted by Crippen LogP contribution is -2.31. The zero-order chi connectivity index (χ0) is 22.1. The van der Waals surface area contributed by atoms with E-state index in [0.717, 1.165) is 26.9 Å². The van der Waals surface area contributed by atoms with Gasteiger partial charge in [-0.15, -0.1) is 11.3 Å². The van der Waals surface area contributed by atoms with Gasteiger partial charge in [-0.1, -0.05) is 54.6 Å². The Morgan fingerprint density at radius 2 is 1.81 bits per heavy atom. The number of nitrogens with one attached hydrogen (secondary N) is 2. The number of fused-ring (bicyclic) bond motifs is 1. The summed E-state index contributed by atoms with van der Waals surface area (Å²) in [6.45, 7) is 0.0122. The fourth-order valence-corrected chi connectivity index (χ4v) is 4.36. The standard InChI is InChI=1S/C24H18N4O3S/c29-21-12-25-24(31)28(21)13-18-7-3-4-8-19(18)22(30)27-23-26-20(14-32-23)17-10-9-15-5-1-2-6-16(15)11-17/h1-11,14H,12-13H2,(H,25,31)(H,26,27,30). The third-order valence-corrected chi connectivity index (χ3v) is 6.06. The second-order valence-corrected chi connectivity index (χ2v) is 8.21. The van der Waals surface area contributed by atoms with Gasteiger partial charge in [-0.2, -0.15) is 0 Å². The molecule has 158 valence electrons. The van der Waals surface area contributed by atoms with Gasteiger partial charge in [0.2, 0.25) is 5.91 Å². The van der Waals surface area contributed by atoms with E-state index in [9.17, 15) is 14.4 Å². The van der Waals surface area contributed by atoms with Crippen LogP contribution in [0.2, 0.25) is 0 Å². The number of anilines is 1. The summed E-state index contributed by atoms with van der Waals surface area (Å²) in [5.41, 5.74) is 2.73. The molecule has 32 heavy (non-hydrogen) atoms. The molecular weight excluding hydrogens is 424 g/mol. The number of nitrogens with zero attached hydrogens (tertiary/aromatic N) is 2. The molecule has 2 N–H and O–H groups in total.